The van der Waals surface area contributed by atoms with Crippen LogP contribution in [0, 0.1) is 24.0 Å². The summed E-state index contributed by atoms with van der Waals surface area (Å²) >= 11 is 0. The van der Waals surface area contributed by atoms with Gasteiger partial charge in [0.05, 0.1) is 4.92 Å². The Kier molecular flexibility index (Phi) is 3.69. The van der Waals surface area contributed by atoms with Crippen molar-refractivity contribution in [2.75, 3.05) is 5.32 Å². The van der Waals surface area contributed by atoms with E-state index in [1.807, 2.05) is 0 Å². The van der Waals surface area contributed by atoms with Crippen LogP contribution in [0.5, 0.6) is 0 Å². The zero-order chi connectivity index (χ0) is 14.7. The van der Waals surface area contributed by atoms with E-state index in [1.165, 1.54) is 24.3 Å². The molecule has 0 atom stereocenters. The molecule has 0 fully saturated rings. The van der Waals surface area contributed by atoms with Gasteiger partial charge >= 0.3 is 0 Å². The molecule has 102 valence electrons. The molecule has 1 aromatic heterocycles. The van der Waals surface area contributed by atoms with Crippen LogP contribution in [0.15, 0.2) is 30.3 Å². The average Bonchev–Trinajstić information content (AvgIpc) is 2.37. The minimum atomic E-state index is -0.551. The van der Waals surface area contributed by atoms with Crippen LogP contribution in [0.25, 0.3) is 0 Å². The molecule has 0 spiro atoms. The lowest BCUT2D eigenvalue weighted by molar-refractivity contribution is -0.384. The number of nitrogens with one attached hydrogen (secondary N) is 1. The minimum absolute atomic E-state index is 0.140. The minimum Gasteiger partial charge on any atom is -0.290 e. The van der Waals surface area contributed by atoms with E-state index in [2.05, 4.69) is 15.3 Å². The number of non-ortho nitro benzene ring substituents is 1. The van der Waals surface area contributed by atoms with Crippen molar-refractivity contribution in [1.29, 1.82) is 0 Å². The smallest absolute Gasteiger partial charge is 0.270 e. The molecule has 1 aromatic carbocycles. The fourth-order valence-electron chi connectivity index (χ4n) is 1.72. The van der Waals surface area contributed by atoms with Gasteiger partial charge in [0.1, 0.15) is 0 Å². The molecule has 0 aliphatic rings. The Labute approximate surface area is 114 Å². The number of benzene rings is 1. The number of hydrogen-bond donors (Lipinski definition) is 1. The standard InChI is InChI=1S/C13H12N4O3/c1-8-6-9(2)15-13(14-8)16-12(18)10-4-3-5-11(7-10)17(19)20/h3-7H,1-2H3,(H,14,15,16,18). The first-order valence-corrected chi connectivity index (χ1v) is 5.84. The maximum Gasteiger partial charge on any atom is 0.270 e. The van der Waals surface area contributed by atoms with Crippen molar-refractivity contribution in [1.82, 2.24) is 9.97 Å². The zero-order valence-corrected chi connectivity index (χ0v) is 11.0. The summed E-state index contributed by atoms with van der Waals surface area (Å²) in [6.07, 6.45) is 0. The van der Waals surface area contributed by atoms with E-state index in [4.69, 9.17) is 0 Å². The van der Waals surface area contributed by atoms with Crippen molar-refractivity contribution in [2.45, 2.75) is 13.8 Å². The molecule has 0 saturated heterocycles. The Hall–Kier alpha value is -2.83. The number of hydrogen-bond acceptors (Lipinski definition) is 5. The van der Waals surface area contributed by atoms with Gasteiger partial charge < -0.3 is 0 Å². The highest BCUT2D eigenvalue weighted by atomic mass is 16.6. The van der Waals surface area contributed by atoms with E-state index in [0.717, 1.165) is 11.4 Å². The first-order valence-electron chi connectivity index (χ1n) is 5.84. The summed E-state index contributed by atoms with van der Waals surface area (Å²) in [5.74, 6) is -0.308. The molecule has 1 N–H and O–H groups in total. The Morgan fingerprint density at radius 2 is 1.85 bits per heavy atom. The molecular weight excluding hydrogens is 260 g/mol. The molecule has 7 heteroatoms. The van der Waals surface area contributed by atoms with Gasteiger partial charge in [-0.05, 0) is 26.0 Å². The molecule has 2 aromatic rings. The maximum atomic E-state index is 12.0. The van der Waals surface area contributed by atoms with Crippen LogP contribution < -0.4 is 5.32 Å². The Morgan fingerprint density at radius 1 is 1.20 bits per heavy atom. The Morgan fingerprint density at radius 3 is 2.45 bits per heavy atom. The van der Waals surface area contributed by atoms with Crippen LogP contribution in [0.2, 0.25) is 0 Å². The van der Waals surface area contributed by atoms with Crippen molar-refractivity contribution in [3.05, 3.63) is 57.4 Å². The number of rotatable bonds is 3. The van der Waals surface area contributed by atoms with Crippen LogP contribution in [-0.4, -0.2) is 20.8 Å². The highest BCUT2D eigenvalue weighted by Crippen LogP contribution is 2.14. The van der Waals surface area contributed by atoms with Gasteiger partial charge in [0.15, 0.2) is 0 Å². The van der Waals surface area contributed by atoms with Gasteiger partial charge in [-0.25, -0.2) is 9.97 Å². The number of carbonyl (C=O) groups excluding carboxylic acids is 1. The largest absolute Gasteiger partial charge is 0.290 e. The second kappa shape index (κ2) is 5.43. The molecular formula is C13H12N4O3. The second-order valence-electron chi connectivity index (χ2n) is 4.24. The van der Waals surface area contributed by atoms with Crippen LogP contribution in [0.1, 0.15) is 21.7 Å². The molecule has 2 rings (SSSR count). The number of anilines is 1. The van der Waals surface area contributed by atoms with E-state index >= 15 is 0 Å². The van der Waals surface area contributed by atoms with E-state index < -0.39 is 10.8 Å². The fourth-order valence-corrected chi connectivity index (χ4v) is 1.72. The Bertz CT molecular complexity index is 665. The van der Waals surface area contributed by atoms with E-state index in [-0.39, 0.29) is 17.2 Å². The summed E-state index contributed by atoms with van der Waals surface area (Å²) in [5, 5.41) is 13.2. The number of aryl methyl sites for hydroxylation is 2. The van der Waals surface area contributed by atoms with Crippen molar-refractivity contribution in [3.8, 4) is 0 Å². The summed E-state index contributed by atoms with van der Waals surface area (Å²) in [6.45, 7) is 3.58. The van der Waals surface area contributed by atoms with Crippen LogP contribution in [-0.2, 0) is 0 Å². The normalized spacial score (nSPS) is 10.1. The zero-order valence-electron chi connectivity index (χ0n) is 11.0. The molecule has 0 bridgehead atoms. The third kappa shape index (κ3) is 3.14. The summed E-state index contributed by atoms with van der Waals surface area (Å²) in [7, 11) is 0. The van der Waals surface area contributed by atoms with Crippen molar-refractivity contribution >= 4 is 17.5 Å². The van der Waals surface area contributed by atoms with Gasteiger partial charge in [0, 0.05) is 29.1 Å². The van der Waals surface area contributed by atoms with Gasteiger partial charge in [-0.15, -0.1) is 0 Å². The molecule has 0 aliphatic heterocycles. The number of nitro benzene ring substituents is 1. The van der Waals surface area contributed by atoms with Gasteiger partial charge in [-0.1, -0.05) is 6.07 Å². The quantitative estimate of drug-likeness (QED) is 0.682. The number of nitrogens with zero attached hydrogens (tertiary/aromatic N) is 3. The first-order chi connectivity index (χ1) is 9.45. The molecule has 0 unspecified atom stereocenters. The number of amides is 1. The lowest BCUT2D eigenvalue weighted by Crippen LogP contribution is -2.15. The van der Waals surface area contributed by atoms with E-state index in [0.29, 0.717) is 0 Å². The van der Waals surface area contributed by atoms with Gasteiger partial charge in [0.2, 0.25) is 5.95 Å². The van der Waals surface area contributed by atoms with Crippen LogP contribution >= 0.6 is 0 Å². The van der Waals surface area contributed by atoms with Crippen molar-refractivity contribution < 1.29 is 9.72 Å². The molecule has 1 heterocycles. The summed E-state index contributed by atoms with van der Waals surface area (Å²) in [4.78, 5) is 30.3. The highest BCUT2D eigenvalue weighted by Gasteiger charge is 2.12. The predicted molar refractivity (Wildman–Crippen MR) is 72.6 cm³/mol. The molecule has 0 saturated carbocycles. The van der Waals surface area contributed by atoms with Gasteiger partial charge in [-0.3, -0.25) is 20.2 Å². The average molecular weight is 272 g/mol. The number of aromatic nitrogens is 2. The summed E-state index contributed by atoms with van der Waals surface area (Å²) in [6, 6.07) is 7.26. The van der Waals surface area contributed by atoms with Gasteiger partial charge in [-0.2, -0.15) is 0 Å². The lowest BCUT2D eigenvalue weighted by atomic mass is 10.2. The molecule has 0 aliphatic carbocycles. The number of carbonyl (C=O) groups is 1. The highest BCUT2D eigenvalue weighted by molar-refractivity contribution is 6.03. The Balaban J connectivity index is 2.23. The fraction of sp³-hybridized carbons (Fsp3) is 0.154. The predicted octanol–water partition coefficient (Wildman–Crippen LogP) is 2.25. The third-order valence-corrected chi connectivity index (χ3v) is 2.53. The van der Waals surface area contributed by atoms with E-state index in [1.54, 1.807) is 19.9 Å². The first kappa shape index (κ1) is 13.6. The summed E-state index contributed by atoms with van der Waals surface area (Å²) < 4.78 is 0. The summed E-state index contributed by atoms with van der Waals surface area (Å²) in [5.41, 5.74) is 1.50. The molecule has 20 heavy (non-hydrogen) atoms. The molecule has 0 radical (unpaired) electrons. The van der Waals surface area contributed by atoms with Crippen LogP contribution in [0.3, 0.4) is 0 Å². The number of nitro groups is 1. The molecule has 7 nitrogen and oxygen atoms in total. The van der Waals surface area contributed by atoms with Crippen molar-refractivity contribution in [2.24, 2.45) is 0 Å². The second-order valence-corrected chi connectivity index (χ2v) is 4.24. The van der Waals surface area contributed by atoms with E-state index in [9.17, 15) is 14.9 Å². The lowest BCUT2D eigenvalue weighted by Gasteiger charge is -2.05. The van der Waals surface area contributed by atoms with Gasteiger partial charge in [0.25, 0.3) is 11.6 Å². The SMILES string of the molecule is Cc1cc(C)nc(NC(=O)c2cccc([N+](=O)[O-])c2)n1. The topological polar surface area (TPSA) is 98.0 Å². The monoisotopic (exact) mass is 272 g/mol. The van der Waals surface area contributed by atoms with Crippen molar-refractivity contribution in [3.63, 3.8) is 0 Å². The molecule has 1 amide bonds. The third-order valence-electron chi connectivity index (χ3n) is 2.53. The maximum absolute atomic E-state index is 12.0. The van der Waals surface area contributed by atoms with Crippen LogP contribution in [0.4, 0.5) is 11.6 Å².